The van der Waals surface area contributed by atoms with Crippen molar-refractivity contribution in [2.75, 3.05) is 39.3 Å². The van der Waals surface area contributed by atoms with Crippen molar-refractivity contribution in [1.29, 1.82) is 0 Å². The van der Waals surface area contributed by atoms with Gasteiger partial charge in [0, 0.05) is 32.7 Å². The Labute approximate surface area is 203 Å². The number of hydrogen-bond acceptors (Lipinski definition) is 5. The van der Waals surface area contributed by atoms with Gasteiger partial charge in [0.2, 0.25) is 17.7 Å². The first kappa shape index (κ1) is 26.4. The molecule has 8 nitrogen and oxygen atoms in total. The van der Waals surface area contributed by atoms with E-state index >= 15 is 0 Å². The van der Waals surface area contributed by atoms with Gasteiger partial charge >= 0.3 is 0 Å². The number of fused-ring (bicyclic) bond motifs is 1. The summed E-state index contributed by atoms with van der Waals surface area (Å²) in [6.45, 7) is 13.4. The lowest BCUT2D eigenvalue weighted by molar-refractivity contribution is -0.149. The number of hydrogen-bond donors (Lipinski definition) is 1. The van der Waals surface area contributed by atoms with Gasteiger partial charge in [-0.15, -0.1) is 13.2 Å². The van der Waals surface area contributed by atoms with Crippen LogP contribution >= 0.6 is 0 Å². The van der Waals surface area contributed by atoms with Crippen molar-refractivity contribution in [1.82, 2.24) is 14.7 Å². The average molecular weight is 476 g/mol. The molecule has 3 fully saturated rings. The van der Waals surface area contributed by atoms with Crippen molar-refractivity contribution in [2.45, 2.75) is 70.1 Å². The topological polar surface area (TPSA) is 90.4 Å². The second kappa shape index (κ2) is 11.5. The molecule has 3 rings (SSSR count). The zero-order chi connectivity index (χ0) is 24.9. The van der Waals surface area contributed by atoms with Gasteiger partial charge in [-0.25, -0.2) is 0 Å². The molecule has 8 heteroatoms. The minimum atomic E-state index is -1.02. The Kier molecular flexibility index (Phi) is 8.93. The molecule has 34 heavy (non-hydrogen) atoms. The fraction of sp³-hybridized carbons (Fsp3) is 0.731. The zero-order valence-electron chi connectivity index (χ0n) is 20.8. The highest BCUT2D eigenvalue weighted by atomic mass is 16.5. The third-order valence-electron chi connectivity index (χ3n) is 7.51. The molecule has 1 spiro atoms. The van der Waals surface area contributed by atoms with Gasteiger partial charge in [-0.3, -0.25) is 14.4 Å². The van der Waals surface area contributed by atoms with Gasteiger partial charge in [-0.1, -0.05) is 38.8 Å². The molecule has 0 aromatic carbocycles. The molecule has 0 radical (unpaired) electrons. The first-order valence-corrected chi connectivity index (χ1v) is 12.8. The predicted octanol–water partition coefficient (Wildman–Crippen LogP) is 1.98. The summed E-state index contributed by atoms with van der Waals surface area (Å²) in [6, 6.07) is -0.833. The highest BCUT2D eigenvalue weighted by Crippen LogP contribution is 2.58. The van der Waals surface area contributed by atoms with E-state index in [-0.39, 0.29) is 37.0 Å². The molecule has 0 aliphatic carbocycles. The van der Waals surface area contributed by atoms with Crippen LogP contribution in [-0.2, 0) is 19.1 Å². The Hall–Kier alpha value is -2.19. The van der Waals surface area contributed by atoms with E-state index in [1.54, 1.807) is 22.0 Å². The molecule has 2 unspecified atom stereocenters. The quantitative estimate of drug-likeness (QED) is 0.307. The molecular weight excluding hydrogens is 434 g/mol. The summed E-state index contributed by atoms with van der Waals surface area (Å²) in [5, 5.41) is 9.73. The normalized spacial score (nSPS) is 29.3. The van der Waals surface area contributed by atoms with Gasteiger partial charge in [0.25, 0.3) is 0 Å². The number of β-amino-alcohol motifs (C(OH)–C–C–N with tert-alkyl or cyclic N) is 1. The minimum Gasteiger partial charge on any atom is -0.395 e. The standard InChI is InChI=1S/C26H41N3O5/c1-5-9-10-16-28(15-8-4)25(33)22-26-12-11-19(34-26)20(21(26)24(32)29(22)17-18-30)23(31)27(13-6-2)14-7-3/h6,8,19-22,30H,2,4-5,7,9-18H2,1,3H3/t19-,20+,21+,22?,26?/m1/s1. The van der Waals surface area contributed by atoms with Crippen molar-refractivity contribution < 1.29 is 24.2 Å². The van der Waals surface area contributed by atoms with E-state index in [2.05, 4.69) is 20.1 Å². The van der Waals surface area contributed by atoms with Crippen LogP contribution in [-0.4, -0.2) is 94.6 Å². The molecule has 5 atom stereocenters. The van der Waals surface area contributed by atoms with Gasteiger partial charge in [-0.05, 0) is 25.7 Å². The molecule has 3 aliphatic heterocycles. The van der Waals surface area contributed by atoms with Crippen LogP contribution in [0.2, 0.25) is 0 Å². The van der Waals surface area contributed by atoms with Gasteiger partial charge < -0.3 is 24.5 Å². The number of ether oxygens (including phenoxy) is 1. The van der Waals surface area contributed by atoms with Crippen molar-refractivity contribution in [3.8, 4) is 0 Å². The van der Waals surface area contributed by atoms with Crippen LogP contribution < -0.4 is 0 Å². The van der Waals surface area contributed by atoms with Crippen LogP contribution in [0.15, 0.2) is 25.3 Å². The fourth-order valence-corrected chi connectivity index (χ4v) is 6.16. The van der Waals surface area contributed by atoms with Crippen molar-refractivity contribution in [3.05, 3.63) is 25.3 Å². The summed E-state index contributed by atoms with van der Waals surface area (Å²) >= 11 is 0. The summed E-state index contributed by atoms with van der Waals surface area (Å²) in [6.07, 6.45) is 7.93. The first-order chi connectivity index (χ1) is 16.4. The van der Waals surface area contributed by atoms with Crippen LogP contribution in [0.5, 0.6) is 0 Å². The Morgan fingerprint density at radius 3 is 2.38 bits per heavy atom. The van der Waals surface area contributed by atoms with Crippen LogP contribution in [0.4, 0.5) is 0 Å². The van der Waals surface area contributed by atoms with E-state index in [0.717, 1.165) is 25.7 Å². The SMILES string of the molecule is C=CCN(CCCCC)C(=O)C1N(CCO)C(=O)[C@@H]2[C@@H](C(=O)N(CC=C)CCC)[C@H]3CCC12O3. The highest BCUT2D eigenvalue weighted by Gasteiger charge is 2.74. The monoisotopic (exact) mass is 475 g/mol. The van der Waals surface area contributed by atoms with E-state index in [1.165, 1.54) is 4.90 Å². The maximum Gasteiger partial charge on any atom is 0.248 e. The number of carbonyl (C=O) groups is 3. The minimum absolute atomic E-state index is 0.0463. The van der Waals surface area contributed by atoms with E-state index in [4.69, 9.17) is 4.74 Å². The Balaban J connectivity index is 1.96. The van der Waals surface area contributed by atoms with Crippen molar-refractivity contribution >= 4 is 17.7 Å². The number of amides is 3. The average Bonchev–Trinajstić information content (AvgIpc) is 3.46. The first-order valence-electron chi connectivity index (χ1n) is 12.8. The number of likely N-dealkylation sites (tertiary alicyclic amines) is 1. The maximum atomic E-state index is 13.9. The Morgan fingerprint density at radius 2 is 1.79 bits per heavy atom. The molecule has 0 saturated carbocycles. The lowest BCUT2D eigenvalue weighted by atomic mass is 9.70. The Bertz CT molecular complexity index is 786. The van der Waals surface area contributed by atoms with Gasteiger partial charge in [0.1, 0.15) is 11.6 Å². The second-order valence-corrected chi connectivity index (χ2v) is 9.66. The molecule has 190 valence electrons. The van der Waals surface area contributed by atoms with Gasteiger partial charge in [0.15, 0.2) is 0 Å². The smallest absolute Gasteiger partial charge is 0.248 e. The second-order valence-electron chi connectivity index (χ2n) is 9.66. The lowest BCUT2D eigenvalue weighted by Crippen LogP contribution is -2.56. The predicted molar refractivity (Wildman–Crippen MR) is 130 cm³/mol. The number of aliphatic hydroxyl groups excluding tert-OH is 1. The van der Waals surface area contributed by atoms with Crippen molar-refractivity contribution in [2.24, 2.45) is 11.8 Å². The van der Waals surface area contributed by atoms with Gasteiger partial charge in [0.05, 0.1) is 24.5 Å². The summed E-state index contributed by atoms with van der Waals surface area (Å²) < 4.78 is 6.47. The van der Waals surface area contributed by atoms with Crippen LogP contribution in [0.3, 0.4) is 0 Å². The van der Waals surface area contributed by atoms with Gasteiger partial charge in [-0.2, -0.15) is 0 Å². The van der Waals surface area contributed by atoms with E-state index in [9.17, 15) is 19.5 Å². The van der Waals surface area contributed by atoms with E-state index < -0.39 is 23.5 Å². The summed E-state index contributed by atoms with van der Waals surface area (Å²) in [4.78, 5) is 46.2. The molecule has 1 N–H and O–H groups in total. The summed E-state index contributed by atoms with van der Waals surface area (Å²) in [5.41, 5.74) is -1.02. The number of unbranched alkanes of at least 4 members (excludes halogenated alkanes) is 2. The largest absolute Gasteiger partial charge is 0.395 e. The highest BCUT2D eigenvalue weighted by molar-refractivity contribution is 5.99. The van der Waals surface area contributed by atoms with Crippen LogP contribution in [0.1, 0.15) is 52.4 Å². The molecule has 0 aromatic rings. The third kappa shape index (κ3) is 4.54. The number of carbonyl (C=O) groups excluding carboxylic acids is 3. The third-order valence-corrected chi connectivity index (χ3v) is 7.51. The lowest BCUT2D eigenvalue weighted by Gasteiger charge is -2.36. The molecule has 3 amide bonds. The number of rotatable bonds is 14. The van der Waals surface area contributed by atoms with Crippen molar-refractivity contribution in [3.63, 3.8) is 0 Å². The van der Waals surface area contributed by atoms with E-state index in [1.807, 2.05) is 6.92 Å². The fourth-order valence-electron chi connectivity index (χ4n) is 6.16. The molecule has 3 heterocycles. The molecule has 2 bridgehead atoms. The van der Waals surface area contributed by atoms with Crippen LogP contribution in [0, 0.1) is 11.8 Å². The zero-order valence-corrected chi connectivity index (χ0v) is 20.8. The molecule has 3 aliphatic rings. The number of aliphatic hydroxyl groups is 1. The molecule has 0 aromatic heterocycles. The summed E-state index contributed by atoms with van der Waals surface area (Å²) in [5.74, 6) is -1.85. The molecular formula is C26H41N3O5. The summed E-state index contributed by atoms with van der Waals surface area (Å²) in [7, 11) is 0. The maximum absolute atomic E-state index is 13.9. The van der Waals surface area contributed by atoms with Crippen LogP contribution in [0.25, 0.3) is 0 Å². The number of nitrogens with zero attached hydrogens (tertiary/aromatic N) is 3. The molecule has 3 saturated heterocycles. The van der Waals surface area contributed by atoms with E-state index in [0.29, 0.717) is 39.0 Å². The Morgan fingerprint density at radius 1 is 1.12 bits per heavy atom.